The maximum Gasteiger partial charge on any atom is 0.433 e. The fourth-order valence-electron chi connectivity index (χ4n) is 1.58. The van der Waals surface area contributed by atoms with E-state index in [9.17, 15) is 28.1 Å². The van der Waals surface area contributed by atoms with Gasteiger partial charge in [-0.15, -0.1) is 0 Å². The number of hydrogen-bond acceptors (Lipinski definition) is 4. The highest BCUT2D eigenvalue weighted by Crippen LogP contribution is 2.34. The van der Waals surface area contributed by atoms with Gasteiger partial charge >= 0.3 is 12.1 Å². The van der Waals surface area contributed by atoms with Crippen LogP contribution in [0.5, 0.6) is 0 Å². The Labute approximate surface area is 105 Å². The van der Waals surface area contributed by atoms with Crippen LogP contribution in [-0.4, -0.2) is 21.0 Å². The van der Waals surface area contributed by atoms with Crippen LogP contribution in [0.3, 0.4) is 0 Å². The van der Waals surface area contributed by atoms with Gasteiger partial charge in [-0.2, -0.15) is 13.2 Å². The van der Waals surface area contributed by atoms with Crippen molar-refractivity contribution >= 4 is 11.7 Å². The van der Waals surface area contributed by atoms with Gasteiger partial charge in [0.15, 0.2) is 0 Å². The highest BCUT2D eigenvalue weighted by molar-refractivity contribution is 5.77. The minimum Gasteiger partial charge on any atom is -0.481 e. The number of nitro groups is 1. The summed E-state index contributed by atoms with van der Waals surface area (Å²) < 4.78 is 37.5. The van der Waals surface area contributed by atoms with E-state index in [0.29, 0.717) is 12.3 Å². The molecule has 0 aromatic carbocycles. The summed E-state index contributed by atoms with van der Waals surface area (Å²) in [7, 11) is 0. The van der Waals surface area contributed by atoms with Gasteiger partial charge in [0, 0.05) is 5.56 Å². The lowest BCUT2D eigenvalue weighted by atomic mass is 9.95. The van der Waals surface area contributed by atoms with Crippen molar-refractivity contribution < 1.29 is 28.0 Å². The normalized spacial score (nSPS) is 13.1. The first-order valence-corrected chi connectivity index (χ1v) is 5.12. The van der Waals surface area contributed by atoms with Gasteiger partial charge in [0.1, 0.15) is 11.9 Å². The minimum atomic E-state index is -4.79. The second kappa shape index (κ2) is 5.21. The van der Waals surface area contributed by atoms with E-state index in [0.717, 1.165) is 0 Å². The van der Waals surface area contributed by atoms with Gasteiger partial charge < -0.3 is 5.11 Å². The number of aromatic nitrogens is 1. The lowest BCUT2D eigenvalue weighted by Crippen LogP contribution is -2.16. The molecule has 1 aromatic heterocycles. The second-order valence-electron chi connectivity index (χ2n) is 3.68. The largest absolute Gasteiger partial charge is 0.481 e. The highest BCUT2D eigenvalue weighted by Gasteiger charge is 2.36. The van der Waals surface area contributed by atoms with Gasteiger partial charge in [-0.1, -0.05) is 6.92 Å². The predicted octanol–water partition coefficient (Wildman–Crippen LogP) is 2.59. The molecule has 0 aliphatic heterocycles. The molecule has 0 bridgehead atoms. The van der Waals surface area contributed by atoms with E-state index < -0.39 is 39.9 Å². The molecule has 0 spiro atoms. The molecule has 1 rings (SSSR count). The SMILES string of the molecule is CCC(C(=O)O)c1cc(C(F)(F)F)ncc1[N+](=O)[O-]. The van der Waals surface area contributed by atoms with Crippen molar-refractivity contribution in [3.63, 3.8) is 0 Å². The topological polar surface area (TPSA) is 93.3 Å². The van der Waals surface area contributed by atoms with E-state index >= 15 is 0 Å². The molecule has 1 atom stereocenters. The van der Waals surface area contributed by atoms with Crippen molar-refractivity contribution in [1.29, 1.82) is 0 Å². The Balaban J connectivity index is 3.47. The number of rotatable bonds is 4. The first-order chi connectivity index (χ1) is 8.68. The average Bonchev–Trinajstić information content (AvgIpc) is 2.27. The van der Waals surface area contributed by atoms with E-state index in [1.165, 1.54) is 6.92 Å². The maximum atomic E-state index is 12.5. The molecule has 19 heavy (non-hydrogen) atoms. The minimum absolute atomic E-state index is 0.0719. The van der Waals surface area contributed by atoms with Crippen molar-refractivity contribution in [3.05, 3.63) is 33.6 Å². The molecule has 1 aromatic rings. The van der Waals surface area contributed by atoms with E-state index in [4.69, 9.17) is 5.11 Å². The third kappa shape index (κ3) is 3.18. The van der Waals surface area contributed by atoms with Crippen LogP contribution in [0.15, 0.2) is 12.3 Å². The van der Waals surface area contributed by atoms with Gasteiger partial charge in [0.2, 0.25) is 0 Å². The van der Waals surface area contributed by atoms with Gasteiger partial charge in [-0.25, -0.2) is 4.98 Å². The van der Waals surface area contributed by atoms with Crippen LogP contribution in [0.1, 0.15) is 30.5 Å². The smallest absolute Gasteiger partial charge is 0.433 e. The monoisotopic (exact) mass is 278 g/mol. The van der Waals surface area contributed by atoms with E-state index in [-0.39, 0.29) is 6.42 Å². The number of pyridine rings is 1. The van der Waals surface area contributed by atoms with Gasteiger partial charge in [-0.3, -0.25) is 14.9 Å². The molecule has 1 N–H and O–H groups in total. The van der Waals surface area contributed by atoms with Crippen LogP contribution in [0.2, 0.25) is 0 Å². The fourth-order valence-corrected chi connectivity index (χ4v) is 1.58. The number of nitrogens with zero attached hydrogens (tertiary/aromatic N) is 2. The number of carbonyl (C=O) groups is 1. The molecule has 0 saturated carbocycles. The Bertz CT molecular complexity index is 516. The Morgan fingerprint density at radius 2 is 2.16 bits per heavy atom. The predicted molar refractivity (Wildman–Crippen MR) is 56.6 cm³/mol. The quantitative estimate of drug-likeness (QED) is 0.674. The zero-order valence-electron chi connectivity index (χ0n) is 9.64. The first kappa shape index (κ1) is 14.9. The Hall–Kier alpha value is -2.19. The third-order valence-electron chi connectivity index (χ3n) is 2.48. The van der Waals surface area contributed by atoms with Crippen molar-refractivity contribution in [1.82, 2.24) is 4.98 Å². The first-order valence-electron chi connectivity index (χ1n) is 5.12. The molecule has 0 radical (unpaired) electrons. The maximum absolute atomic E-state index is 12.5. The lowest BCUT2D eigenvalue weighted by Gasteiger charge is -2.12. The molecular formula is C10H9F3N2O4. The number of alkyl halides is 3. The van der Waals surface area contributed by atoms with Crippen LogP contribution >= 0.6 is 0 Å². The summed E-state index contributed by atoms with van der Waals surface area (Å²) in [4.78, 5) is 23.7. The summed E-state index contributed by atoms with van der Waals surface area (Å²) in [5.74, 6) is -2.81. The van der Waals surface area contributed by atoms with Crippen LogP contribution in [-0.2, 0) is 11.0 Å². The van der Waals surface area contributed by atoms with Crippen molar-refractivity contribution in [2.24, 2.45) is 0 Å². The van der Waals surface area contributed by atoms with Gasteiger partial charge in [-0.05, 0) is 12.5 Å². The van der Waals surface area contributed by atoms with Crippen LogP contribution in [0.25, 0.3) is 0 Å². The zero-order chi connectivity index (χ0) is 14.8. The summed E-state index contributed by atoms with van der Waals surface area (Å²) in [6, 6.07) is 0.417. The van der Waals surface area contributed by atoms with E-state index in [1.54, 1.807) is 0 Å². The lowest BCUT2D eigenvalue weighted by molar-refractivity contribution is -0.386. The third-order valence-corrected chi connectivity index (χ3v) is 2.48. The van der Waals surface area contributed by atoms with E-state index in [2.05, 4.69) is 4.98 Å². The zero-order valence-corrected chi connectivity index (χ0v) is 9.64. The van der Waals surface area contributed by atoms with Crippen LogP contribution in [0.4, 0.5) is 18.9 Å². The van der Waals surface area contributed by atoms with Crippen LogP contribution in [0, 0.1) is 10.1 Å². The molecule has 0 amide bonds. The molecule has 0 saturated heterocycles. The van der Waals surface area contributed by atoms with Gasteiger partial charge in [0.05, 0.1) is 10.8 Å². The molecule has 0 aliphatic carbocycles. The number of hydrogen-bond donors (Lipinski definition) is 1. The van der Waals surface area contributed by atoms with Gasteiger partial charge in [0.25, 0.3) is 5.69 Å². The summed E-state index contributed by atoms with van der Waals surface area (Å²) in [6.07, 6.45) is -4.43. The Morgan fingerprint density at radius 1 is 1.58 bits per heavy atom. The molecular weight excluding hydrogens is 269 g/mol. The molecule has 0 aliphatic rings. The van der Waals surface area contributed by atoms with Crippen molar-refractivity contribution in [2.75, 3.05) is 0 Å². The molecule has 1 unspecified atom stereocenters. The van der Waals surface area contributed by atoms with Crippen LogP contribution < -0.4 is 0 Å². The summed E-state index contributed by atoms with van der Waals surface area (Å²) >= 11 is 0. The number of halogens is 3. The highest BCUT2D eigenvalue weighted by atomic mass is 19.4. The molecule has 6 nitrogen and oxygen atoms in total. The average molecular weight is 278 g/mol. The summed E-state index contributed by atoms with van der Waals surface area (Å²) in [6.45, 7) is 1.41. The Kier molecular flexibility index (Phi) is 4.07. The number of aliphatic carboxylic acids is 1. The molecule has 9 heteroatoms. The number of carboxylic acid groups (broad SMARTS) is 1. The molecule has 0 fully saturated rings. The number of carboxylic acids is 1. The molecule has 1 heterocycles. The second-order valence-corrected chi connectivity index (χ2v) is 3.68. The van der Waals surface area contributed by atoms with Crippen molar-refractivity contribution in [3.8, 4) is 0 Å². The van der Waals surface area contributed by atoms with Crippen molar-refractivity contribution in [2.45, 2.75) is 25.4 Å². The van der Waals surface area contributed by atoms with E-state index in [1.807, 2.05) is 0 Å². The standard InChI is InChI=1S/C10H9F3N2O4/c1-2-5(9(16)17)6-3-8(10(11,12)13)14-4-7(6)15(18)19/h3-5H,2H2,1H3,(H,16,17). The summed E-state index contributed by atoms with van der Waals surface area (Å²) in [5, 5.41) is 19.6. The fraction of sp³-hybridized carbons (Fsp3) is 0.400. The summed E-state index contributed by atoms with van der Waals surface area (Å²) in [5.41, 5.74) is -2.59. The molecule has 104 valence electrons. The Morgan fingerprint density at radius 3 is 2.53 bits per heavy atom.